The monoisotopic (exact) mass is 303 g/mol. The maximum Gasteiger partial charge on any atom is 0.287 e. The Labute approximate surface area is 128 Å². The van der Waals surface area contributed by atoms with Gasteiger partial charge in [0.05, 0.1) is 12.1 Å². The first-order valence-electron chi connectivity index (χ1n) is 7.64. The van der Waals surface area contributed by atoms with Crippen molar-refractivity contribution in [2.24, 2.45) is 0 Å². The summed E-state index contributed by atoms with van der Waals surface area (Å²) < 4.78 is 5.69. The molecule has 1 aliphatic carbocycles. The van der Waals surface area contributed by atoms with Crippen LogP contribution in [0.5, 0.6) is 0 Å². The molecule has 5 nitrogen and oxygen atoms in total. The number of hydrogen-bond donors (Lipinski definition) is 3. The lowest BCUT2D eigenvalue weighted by Crippen LogP contribution is -2.51. The molecule has 3 rings (SSSR count). The van der Waals surface area contributed by atoms with Gasteiger partial charge in [-0.05, 0) is 44.7 Å². The van der Waals surface area contributed by atoms with E-state index in [0.717, 1.165) is 22.9 Å². The Morgan fingerprint density at radius 3 is 2.82 bits per heavy atom. The molecule has 1 aromatic carbocycles. The fraction of sp³-hybridized carbons (Fsp3) is 0.471. The average molecular weight is 303 g/mol. The third kappa shape index (κ3) is 2.62. The third-order valence-electron chi connectivity index (χ3n) is 4.44. The maximum absolute atomic E-state index is 12.4. The standard InChI is InChI=1S/C17H21NO4/c1-9-6-7-11-10(2)16(22-14(11)8-9)17(21)18-12-4-3-5-13(19)15(12)20/h6-8,12-13,15,19-20H,3-5H2,1-2H3,(H,18,21)/t12-,13-,15-/m1/s1. The van der Waals surface area contributed by atoms with E-state index in [1.807, 2.05) is 32.0 Å². The van der Waals surface area contributed by atoms with Crippen LogP contribution in [0.1, 0.15) is 40.9 Å². The van der Waals surface area contributed by atoms with Gasteiger partial charge in [0.2, 0.25) is 0 Å². The molecule has 0 spiro atoms. The highest BCUT2D eigenvalue weighted by atomic mass is 16.3. The Balaban J connectivity index is 1.84. The summed E-state index contributed by atoms with van der Waals surface area (Å²) in [6.07, 6.45) is 0.295. The Kier molecular flexibility index (Phi) is 3.93. The van der Waals surface area contributed by atoms with Gasteiger partial charge in [-0.2, -0.15) is 0 Å². The predicted molar refractivity (Wildman–Crippen MR) is 82.8 cm³/mol. The average Bonchev–Trinajstić information content (AvgIpc) is 2.80. The van der Waals surface area contributed by atoms with E-state index in [0.29, 0.717) is 18.4 Å². The van der Waals surface area contributed by atoms with Crippen molar-refractivity contribution in [3.8, 4) is 0 Å². The minimum atomic E-state index is -0.926. The van der Waals surface area contributed by atoms with Gasteiger partial charge in [0.1, 0.15) is 11.7 Å². The molecule has 1 fully saturated rings. The number of hydrogen-bond acceptors (Lipinski definition) is 4. The largest absolute Gasteiger partial charge is 0.451 e. The van der Waals surface area contributed by atoms with Gasteiger partial charge >= 0.3 is 0 Å². The van der Waals surface area contributed by atoms with Crippen molar-refractivity contribution in [3.63, 3.8) is 0 Å². The van der Waals surface area contributed by atoms with Gasteiger partial charge in [0.15, 0.2) is 5.76 Å². The number of carbonyl (C=O) groups excluding carboxylic acids is 1. The molecule has 0 bridgehead atoms. The summed E-state index contributed by atoms with van der Waals surface area (Å²) in [6.45, 7) is 3.82. The van der Waals surface area contributed by atoms with Crippen LogP contribution in [-0.2, 0) is 0 Å². The van der Waals surface area contributed by atoms with Crippen molar-refractivity contribution >= 4 is 16.9 Å². The minimum Gasteiger partial charge on any atom is -0.451 e. The number of benzene rings is 1. The van der Waals surface area contributed by atoms with E-state index in [-0.39, 0.29) is 11.7 Å². The topological polar surface area (TPSA) is 82.7 Å². The van der Waals surface area contributed by atoms with Crippen molar-refractivity contribution in [3.05, 3.63) is 35.1 Å². The molecule has 0 saturated heterocycles. The second-order valence-electron chi connectivity index (χ2n) is 6.12. The van der Waals surface area contributed by atoms with Crippen LogP contribution in [-0.4, -0.2) is 34.4 Å². The molecule has 1 saturated carbocycles. The number of aryl methyl sites for hydroxylation is 2. The van der Waals surface area contributed by atoms with E-state index >= 15 is 0 Å². The molecule has 0 unspecified atom stereocenters. The molecule has 1 aliphatic rings. The fourth-order valence-electron chi connectivity index (χ4n) is 3.10. The zero-order valence-corrected chi connectivity index (χ0v) is 12.8. The van der Waals surface area contributed by atoms with Crippen LogP contribution in [0, 0.1) is 13.8 Å². The summed E-state index contributed by atoms with van der Waals surface area (Å²) in [5, 5.41) is 23.4. The van der Waals surface area contributed by atoms with Crippen molar-refractivity contribution in [1.29, 1.82) is 0 Å². The SMILES string of the molecule is Cc1ccc2c(C)c(C(=O)N[C@@H]3CCC[C@@H](O)[C@@H]3O)oc2c1. The smallest absolute Gasteiger partial charge is 0.287 e. The van der Waals surface area contributed by atoms with Crippen LogP contribution in [0.25, 0.3) is 11.0 Å². The summed E-state index contributed by atoms with van der Waals surface area (Å²) in [5.74, 6) is -0.0719. The van der Waals surface area contributed by atoms with Crippen LogP contribution in [0.15, 0.2) is 22.6 Å². The van der Waals surface area contributed by atoms with Crippen LogP contribution < -0.4 is 5.32 Å². The first kappa shape index (κ1) is 15.1. The molecule has 1 amide bonds. The van der Waals surface area contributed by atoms with Crippen LogP contribution in [0.3, 0.4) is 0 Å². The van der Waals surface area contributed by atoms with Gasteiger partial charge in [-0.15, -0.1) is 0 Å². The molecule has 1 aromatic heterocycles. The second kappa shape index (κ2) is 5.74. The number of aliphatic hydroxyl groups excluding tert-OH is 2. The minimum absolute atomic E-state index is 0.271. The number of fused-ring (bicyclic) bond motifs is 1. The summed E-state index contributed by atoms with van der Waals surface area (Å²) in [5.41, 5.74) is 2.55. The Hall–Kier alpha value is -1.85. The number of nitrogens with one attached hydrogen (secondary N) is 1. The molecule has 118 valence electrons. The van der Waals surface area contributed by atoms with Gasteiger partial charge in [-0.25, -0.2) is 0 Å². The Bertz CT molecular complexity index is 706. The number of amides is 1. The van der Waals surface area contributed by atoms with E-state index in [9.17, 15) is 15.0 Å². The van der Waals surface area contributed by atoms with Crippen LogP contribution in [0.2, 0.25) is 0 Å². The van der Waals surface area contributed by atoms with Gasteiger partial charge in [0, 0.05) is 10.9 Å². The summed E-state index contributed by atoms with van der Waals surface area (Å²) in [7, 11) is 0. The summed E-state index contributed by atoms with van der Waals surface area (Å²) in [6, 6.07) is 5.39. The first-order valence-corrected chi connectivity index (χ1v) is 7.64. The van der Waals surface area contributed by atoms with Crippen LogP contribution in [0.4, 0.5) is 0 Å². The van der Waals surface area contributed by atoms with Crippen molar-refractivity contribution < 1.29 is 19.4 Å². The van der Waals surface area contributed by atoms with E-state index in [1.165, 1.54) is 0 Å². The molecule has 3 atom stereocenters. The van der Waals surface area contributed by atoms with Gasteiger partial charge < -0.3 is 19.9 Å². The van der Waals surface area contributed by atoms with E-state index in [2.05, 4.69) is 5.32 Å². The Morgan fingerprint density at radius 1 is 1.27 bits per heavy atom. The molecular formula is C17H21NO4. The molecule has 2 aromatic rings. The predicted octanol–water partition coefficient (Wildman–Crippen LogP) is 2.05. The highest BCUT2D eigenvalue weighted by Gasteiger charge is 2.32. The molecule has 0 radical (unpaired) electrons. The Morgan fingerprint density at radius 2 is 2.05 bits per heavy atom. The highest BCUT2D eigenvalue weighted by Crippen LogP contribution is 2.27. The molecule has 5 heteroatoms. The summed E-state index contributed by atoms with van der Waals surface area (Å²) in [4.78, 5) is 12.4. The zero-order chi connectivity index (χ0) is 15.9. The normalized spacial score (nSPS) is 25.4. The van der Waals surface area contributed by atoms with E-state index < -0.39 is 18.2 Å². The van der Waals surface area contributed by atoms with Crippen molar-refractivity contribution in [2.45, 2.75) is 51.4 Å². The number of rotatable bonds is 2. The fourth-order valence-corrected chi connectivity index (χ4v) is 3.10. The lowest BCUT2D eigenvalue weighted by atomic mass is 9.90. The van der Waals surface area contributed by atoms with E-state index in [1.54, 1.807) is 0 Å². The molecule has 1 heterocycles. The highest BCUT2D eigenvalue weighted by molar-refractivity contribution is 5.99. The van der Waals surface area contributed by atoms with Gasteiger partial charge in [-0.1, -0.05) is 12.1 Å². The van der Waals surface area contributed by atoms with Gasteiger partial charge in [0.25, 0.3) is 5.91 Å². The number of furan rings is 1. The van der Waals surface area contributed by atoms with E-state index in [4.69, 9.17) is 4.42 Å². The van der Waals surface area contributed by atoms with Crippen molar-refractivity contribution in [1.82, 2.24) is 5.32 Å². The lowest BCUT2D eigenvalue weighted by Gasteiger charge is -2.32. The lowest BCUT2D eigenvalue weighted by molar-refractivity contribution is -0.0279. The zero-order valence-electron chi connectivity index (χ0n) is 12.8. The van der Waals surface area contributed by atoms with Crippen molar-refractivity contribution in [2.75, 3.05) is 0 Å². The number of carbonyl (C=O) groups is 1. The molecule has 22 heavy (non-hydrogen) atoms. The number of aliphatic hydroxyl groups is 2. The molecular weight excluding hydrogens is 282 g/mol. The maximum atomic E-state index is 12.4. The quantitative estimate of drug-likeness (QED) is 0.793. The first-order chi connectivity index (χ1) is 10.5. The van der Waals surface area contributed by atoms with Gasteiger partial charge in [-0.3, -0.25) is 4.79 Å². The summed E-state index contributed by atoms with van der Waals surface area (Å²) >= 11 is 0. The molecule has 3 N–H and O–H groups in total. The second-order valence-corrected chi connectivity index (χ2v) is 6.12. The third-order valence-corrected chi connectivity index (χ3v) is 4.44. The molecule has 0 aliphatic heterocycles. The van der Waals surface area contributed by atoms with Crippen LogP contribution >= 0.6 is 0 Å².